The number of nitrogens with zero attached hydrogens (tertiary/aromatic N) is 3. The molecular weight excluding hydrogens is 401 g/mol. The van der Waals surface area contributed by atoms with E-state index in [0.717, 1.165) is 51.3 Å². The Bertz CT molecular complexity index is 311. The smallest absolute Gasteiger partial charge is 0.191 e. The lowest BCUT2D eigenvalue weighted by molar-refractivity contribution is 0.148. The van der Waals surface area contributed by atoms with Crippen LogP contribution < -0.4 is 10.6 Å². The van der Waals surface area contributed by atoms with Gasteiger partial charge >= 0.3 is 0 Å². The summed E-state index contributed by atoms with van der Waals surface area (Å²) in [7, 11) is 2.15. The van der Waals surface area contributed by atoms with Crippen molar-refractivity contribution in [3.8, 4) is 0 Å². The first-order valence-electron chi connectivity index (χ1n) is 9.16. The van der Waals surface area contributed by atoms with Crippen LogP contribution >= 0.6 is 24.0 Å². The van der Waals surface area contributed by atoms with Gasteiger partial charge in [0, 0.05) is 32.2 Å². The van der Waals surface area contributed by atoms with Crippen molar-refractivity contribution in [3.63, 3.8) is 0 Å². The molecule has 0 spiro atoms. The third kappa shape index (κ3) is 9.72. The molecule has 0 aromatic carbocycles. The lowest BCUT2D eigenvalue weighted by Gasteiger charge is -2.34. The third-order valence-corrected chi connectivity index (χ3v) is 4.55. The first-order chi connectivity index (χ1) is 10.7. The molecule has 0 amide bonds. The van der Waals surface area contributed by atoms with E-state index < -0.39 is 0 Å². The van der Waals surface area contributed by atoms with Crippen LogP contribution in [0, 0.1) is 0 Å². The summed E-state index contributed by atoms with van der Waals surface area (Å²) in [5, 5.41) is 6.77. The van der Waals surface area contributed by atoms with Crippen LogP contribution in [0.3, 0.4) is 0 Å². The largest absolute Gasteiger partial charge is 0.357 e. The van der Waals surface area contributed by atoms with Crippen LogP contribution in [0.1, 0.15) is 46.5 Å². The molecule has 23 heavy (non-hydrogen) atoms. The fourth-order valence-corrected chi connectivity index (χ4v) is 2.97. The van der Waals surface area contributed by atoms with E-state index in [4.69, 9.17) is 4.99 Å². The van der Waals surface area contributed by atoms with Gasteiger partial charge in [-0.3, -0.25) is 9.89 Å². The second-order valence-electron chi connectivity index (χ2n) is 6.18. The van der Waals surface area contributed by atoms with E-state index in [-0.39, 0.29) is 24.0 Å². The van der Waals surface area contributed by atoms with E-state index in [1.54, 1.807) is 0 Å². The molecule has 1 atom stereocenters. The molecule has 1 unspecified atom stereocenters. The number of hydrogen-bond donors (Lipinski definition) is 2. The van der Waals surface area contributed by atoms with Gasteiger partial charge in [0.25, 0.3) is 0 Å². The van der Waals surface area contributed by atoms with Crippen molar-refractivity contribution in [2.75, 3.05) is 52.9 Å². The highest BCUT2D eigenvalue weighted by Crippen LogP contribution is 2.18. The molecule has 0 aliphatic carbocycles. The number of likely N-dealkylation sites (N-methyl/N-ethyl adjacent to an activating group) is 1. The Morgan fingerprint density at radius 1 is 1.22 bits per heavy atom. The number of nitrogens with one attached hydrogen (secondary N) is 2. The summed E-state index contributed by atoms with van der Waals surface area (Å²) in [4.78, 5) is 9.66. The van der Waals surface area contributed by atoms with Crippen molar-refractivity contribution in [2.45, 2.75) is 52.5 Å². The average molecular weight is 439 g/mol. The van der Waals surface area contributed by atoms with Crippen LogP contribution in [-0.2, 0) is 0 Å². The van der Waals surface area contributed by atoms with Crippen LogP contribution in [0.4, 0.5) is 0 Å². The zero-order chi connectivity index (χ0) is 16.2. The Kier molecular flexibility index (Phi) is 14.2. The van der Waals surface area contributed by atoms with Gasteiger partial charge in [0.15, 0.2) is 5.96 Å². The minimum Gasteiger partial charge on any atom is -0.357 e. The van der Waals surface area contributed by atoms with Gasteiger partial charge in [-0.15, -0.1) is 24.0 Å². The summed E-state index contributed by atoms with van der Waals surface area (Å²) in [5.74, 6) is 0.956. The lowest BCUT2D eigenvalue weighted by Crippen LogP contribution is -2.43. The van der Waals surface area contributed by atoms with Gasteiger partial charge in [-0.05, 0) is 46.3 Å². The maximum absolute atomic E-state index is 4.73. The monoisotopic (exact) mass is 439 g/mol. The molecule has 138 valence electrons. The first-order valence-corrected chi connectivity index (χ1v) is 9.16. The molecule has 0 aromatic rings. The third-order valence-electron chi connectivity index (χ3n) is 4.55. The predicted molar refractivity (Wildman–Crippen MR) is 112 cm³/mol. The molecule has 0 radical (unpaired) electrons. The van der Waals surface area contributed by atoms with Gasteiger partial charge in [0.05, 0.1) is 6.54 Å². The molecule has 1 aliphatic heterocycles. The number of hydrogen-bond acceptors (Lipinski definition) is 3. The van der Waals surface area contributed by atoms with Crippen LogP contribution in [0.2, 0.25) is 0 Å². The van der Waals surface area contributed by atoms with Crippen molar-refractivity contribution >= 4 is 29.9 Å². The number of piperidine rings is 1. The predicted octanol–water partition coefficient (Wildman–Crippen LogP) is 2.38. The molecule has 5 nitrogen and oxygen atoms in total. The molecule has 0 saturated carbocycles. The van der Waals surface area contributed by atoms with Crippen molar-refractivity contribution in [1.29, 1.82) is 0 Å². The van der Waals surface area contributed by atoms with E-state index in [1.807, 2.05) is 0 Å². The summed E-state index contributed by atoms with van der Waals surface area (Å²) < 4.78 is 0. The molecule has 6 heteroatoms. The first kappa shape index (κ1) is 22.9. The topological polar surface area (TPSA) is 42.9 Å². The summed E-state index contributed by atoms with van der Waals surface area (Å²) in [5.41, 5.74) is 0. The SMILES string of the molecule is CCNC(=NCCN1CCCCC1CC)NCCN(C)CC.I. The minimum absolute atomic E-state index is 0. The Balaban J connectivity index is 0.00000484. The molecule has 1 fully saturated rings. The Morgan fingerprint density at radius 3 is 2.65 bits per heavy atom. The number of likely N-dealkylation sites (tertiary alicyclic amines) is 1. The van der Waals surface area contributed by atoms with Crippen LogP contribution in [0.15, 0.2) is 4.99 Å². The Hall–Kier alpha value is -0.0800. The van der Waals surface area contributed by atoms with E-state index in [2.05, 4.69) is 48.3 Å². The highest BCUT2D eigenvalue weighted by atomic mass is 127. The standard InChI is InChI=1S/C17H37N5.HI/c1-5-16-10-8-9-13-22(16)15-12-20-17(18-6-2)19-11-14-21(4)7-3;/h16H,5-15H2,1-4H3,(H2,18,19,20);1H. The maximum atomic E-state index is 4.73. The Labute approximate surface area is 160 Å². The minimum atomic E-state index is 0. The fourth-order valence-electron chi connectivity index (χ4n) is 2.97. The van der Waals surface area contributed by atoms with Crippen LogP contribution in [0.25, 0.3) is 0 Å². The molecule has 0 aromatic heterocycles. The number of guanidine groups is 1. The zero-order valence-electron chi connectivity index (χ0n) is 15.6. The highest BCUT2D eigenvalue weighted by Gasteiger charge is 2.19. The van der Waals surface area contributed by atoms with Crippen molar-refractivity contribution < 1.29 is 0 Å². The summed E-state index contributed by atoms with van der Waals surface area (Å²) in [6.07, 6.45) is 5.38. The average Bonchev–Trinajstić information content (AvgIpc) is 2.55. The van der Waals surface area contributed by atoms with E-state index in [0.29, 0.717) is 0 Å². The normalized spacial score (nSPS) is 19.5. The van der Waals surface area contributed by atoms with Crippen molar-refractivity contribution in [3.05, 3.63) is 0 Å². The number of halogens is 1. The summed E-state index contributed by atoms with van der Waals surface area (Å²) in [6, 6.07) is 0.776. The zero-order valence-corrected chi connectivity index (χ0v) is 17.9. The quantitative estimate of drug-likeness (QED) is 0.329. The van der Waals surface area contributed by atoms with Gasteiger partial charge < -0.3 is 15.5 Å². The second-order valence-corrected chi connectivity index (χ2v) is 6.18. The molecule has 2 N–H and O–H groups in total. The van der Waals surface area contributed by atoms with E-state index in [9.17, 15) is 0 Å². The molecule has 1 heterocycles. The second kappa shape index (κ2) is 14.3. The van der Waals surface area contributed by atoms with Crippen molar-refractivity contribution in [1.82, 2.24) is 20.4 Å². The van der Waals surface area contributed by atoms with Gasteiger partial charge in [0.2, 0.25) is 0 Å². The van der Waals surface area contributed by atoms with Crippen molar-refractivity contribution in [2.24, 2.45) is 4.99 Å². The van der Waals surface area contributed by atoms with Crippen LogP contribution in [0.5, 0.6) is 0 Å². The summed E-state index contributed by atoms with van der Waals surface area (Å²) in [6.45, 7) is 13.8. The lowest BCUT2D eigenvalue weighted by atomic mass is 10.0. The van der Waals surface area contributed by atoms with Gasteiger partial charge in [0.1, 0.15) is 0 Å². The van der Waals surface area contributed by atoms with E-state index >= 15 is 0 Å². The van der Waals surface area contributed by atoms with Crippen LogP contribution in [-0.4, -0.2) is 74.7 Å². The molecular formula is C17H38IN5. The Morgan fingerprint density at radius 2 is 2.00 bits per heavy atom. The molecule has 1 aliphatic rings. The van der Waals surface area contributed by atoms with Gasteiger partial charge in [-0.1, -0.05) is 20.3 Å². The summed E-state index contributed by atoms with van der Waals surface area (Å²) >= 11 is 0. The fraction of sp³-hybridized carbons (Fsp3) is 0.941. The maximum Gasteiger partial charge on any atom is 0.191 e. The molecule has 1 saturated heterocycles. The number of aliphatic imine (C=N–C) groups is 1. The van der Waals surface area contributed by atoms with E-state index in [1.165, 1.54) is 32.2 Å². The molecule has 1 rings (SSSR count). The molecule has 0 bridgehead atoms. The van der Waals surface area contributed by atoms with Gasteiger partial charge in [-0.25, -0.2) is 0 Å². The van der Waals surface area contributed by atoms with Gasteiger partial charge in [-0.2, -0.15) is 0 Å². The number of rotatable bonds is 9. The highest BCUT2D eigenvalue weighted by molar-refractivity contribution is 14.0.